The number of nitrogens with zero attached hydrogens (tertiary/aromatic N) is 1. The normalized spacial score (nSPS) is 11.8. The van der Waals surface area contributed by atoms with E-state index in [-0.39, 0.29) is 18.0 Å². The van der Waals surface area contributed by atoms with Crippen molar-refractivity contribution in [1.82, 2.24) is 9.71 Å². The van der Waals surface area contributed by atoms with Crippen molar-refractivity contribution in [2.24, 2.45) is 0 Å². The van der Waals surface area contributed by atoms with E-state index in [0.717, 1.165) is 5.69 Å². The van der Waals surface area contributed by atoms with Crippen LogP contribution in [0.25, 0.3) is 0 Å². The lowest BCUT2D eigenvalue weighted by molar-refractivity contribution is 0.285. The van der Waals surface area contributed by atoms with Crippen molar-refractivity contribution in [2.45, 2.75) is 31.9 Å². The van der Waals surface area contributed by atoms with Crippen LogP contribution >= 0.6 is 11.3 Å². The molecule has 108 valence electrons. The number of hydrogen-bond donors (Lipinski definition) is 2. The summed E-state index contributed by atoms with van der Waals surface area (Å²) in [5.74, 6) is 0. The highest BCUT2D eigenvalue weighted by atomic mass is 32.2. The molecule has 0 bridgehead atoms. The summed E-state index contributed by atoms with van der Waals surface area (Å²) in [6, 6.07) is 6.97. The van der Waals surface area contributed by atoms with Crippen molar-refractivity contribution in [3.05, 3.63) is 45.4 Å². The van der Waals surface area contributed by atoms with Gasteiger partial charge in [-0.25, -0.2) is 13.1 Å². The van der Waals surface area contributed by atoms with Crippen molar-refractivity contribution in [1.29, 1.82) is 0 Å². The fraction of sp³-hybridized carbons (Fsp3) is 0.308. The zero-order valence-corrected chi connectivity index (χ0v) is 12.9. The number of aryl methyl sites for hydroxylation is 2. The molecular formula is C13H16N2O3S2. The van der Waals surface area contributed by atoms with Gasteiger partial charge in [0.05, 0.1) is 23.7 Å². The summed E-state index contributed by atoms with van der Waals surface area (Å²) in [5, 5.41) is 9.06. The van der Waals surface area contributed by atoms with Gasteiger partial charge in [0.2, 0.25) is 10.0 Å². The number of sulfonamides is 1. The quantitative estimate of drug-likeness (QED) is 0.881. The molecule has 0 aliphatic heterocycles. The number of thiophene rings is 1. The Morgan fingerprint density at radius 1 is 1.35 bits per heavy atom. The second kappa shape index (κ2) is 6.01. The molecule has 20 heavy (non-hydrogen) atoms. The highest BCUT2D eigenvalue weighted by Crippen LogP contribution is 2.25. The summed E-state index contributed by atoms with van der Waals surface area (Å²) < 4.78 is 27.0. The zero-order valence-electron chi connectivity index (χ0n) is 11.3. The van der Waals surface area contributed by atoms with Crippen LogP contribution in [0, 0.1) is 13.8 Å². The number of nitrogens with one attached hydrogen (secondary N) is 1. The molecule has 0 saturated carbocycles. The molecule has 2 N–H and O–H groups in total. The first kappa shape index (κ1) is 15.1. The first-order valence-corrected chi connectivity index (χ1v) is 8.34. The van der Waals surface area contributed by atoms with E-state index < -0.39 is 10.0 Å². The standard InChI is InChI=1S/C13H16N2O3S2/c1-9-4-3-5-11(15-9)7-14-20(17,18)13-6-12(8-16)19-10(13)2/h3-6,14,16H,7-8H2,1-2H3. The van der Waals surface area contributed by atoms with Crippen LogP contribution in [0.4, 0.5) is 0 Å². The number of aromatic nitrogens is 1. The Morgan fingerprint density at radius 2 is 2.10 bits per heavy atom. The van der Waals surface area contributed by atoms with Gasteiger partial charge in [-0.15, -0.1) is 11.3 Å². The number of rotatable bonds is 5. The summed E-state index contributed by atoms with van der Waals surface area (Å²) in [6.45, 7) is 3.58. The Morgan fingerprint density at radius 3 is 2.70 bits per heavy atom. The van der Waals surface area contributed by atoms with E-state index in [2.05, 4.69) is 9.71 Å². The molecule has 0 amide bonds. The van der Waals surface area contributed by atoms with E-state index in [4.69, 9.17) is 5.11 Å². The van der Waals surface area contributed by atoms with Crippen LogP contribution in [0.2, 0.25) is 0 Å². The Labute approximate surface area is 122 Å². The Kier molecular flexibility index (Phi) is 4.54. The van der Waals surface area contributed by atoms with E-state index in [1.54, 1.807) is 13.0 Å². The SMILES string of the molecule is Cc1cccc(CNS(=O)(=O)c2cc(CO)sc2C)n1. The molecule has 0 aliphatic carbocycles. The molecule has 0 saturated heterocycles. The molecule has 2 aromatic heterocycles. The van der Waals surface area contributed by atoms with Crippen LogP contribution in [0.5, 0.6) is 0 Å². The Balaban J connectivity index is 2.17. The van der Waals surface area contributed by atoms with Gasteiger partial charge in [0, 0.05) is 15.4 Å². The Bertz CT molecular complexity index is 708. The maximum absolute atomic E-state index is 12.2. The molecule has 7 heteroatoms. The van der Waals surface area contributed by atoms with Crippen LogP contribution in [0.1, 0.15) is 21.1 Å². The molecule has 0 unspecified atom stereocenters. The van der Waals surface area contributed by atoms with Gasteiger partial charge in [-0.1, -0.05) is 6.07 Å². The lowest BCUT2D eigenvalue weighted by Crippen LogP contribution is -2.24. The predicted octanol–water partition coefficient (Wildman–Crippen LogP) is 1.73. The molecule has 2 heterocycles. The minimum absolute atomic E-state index is 0.147. The zero-order chi connectivity index (χ0) is 14.8. The van der Waals surface area contributed by atoms with Gasteiger partial charge < -0.3 is 5.11 Å². The third kappa shape index (κ3) is 3.43. The van der Waals surface area contributed by atoms with E-state index in [1.807, 2.05) is 19.1 Å². The van der Waals surface area contributed by atoms with E-state index in [0.29, 0.717) is 15.4 Å². The van der Waals surface area contributed by atoms with Crippen LogP contribution in [-0.2, 0) is 23.2 Å². The van der Waals surface area contributed by atoms with Crippen molar-refractivity contribution in [2.75, 3.05) is 0 Å². The molecule has 0 spiro atoms. The molecule has 2 aromatic rings. The topological polar surface area (TPSA) is 79.3 Å². The number of pyridine rings is 1. The van der Waals surface area contributed by atoms with Crippen molar-refractivity contribution in [3.63, 3.8) is 0 Å². The smallest absolute Gasteiger partial charge is 0.242 e. The molecule has 2 rings (SSSR count). The fourth-order valence-corrected chi connectivity index (χ4v) is 4.31. The minimum atomic E-state index is -3.58. The predicted molar refractivity (Wildman–Crippen MR) is 78.0 cm³/mol. The van der Waals surface area contributed by atoms with Gasteiger partial charge in [0.25, 0.3) is 0 Å². The Hall–Kier alpha value is -1.28. The van der Waals surface area contributed by atoms with Crippen molar-refractivity contribution < 1.29 is 13.5 Å². The second-order valence-electron chi connectivity index (χ2n) is 4.39. The van der Waals surface area contributed by atoms with Gasteiger partial charge in [-0.2, -0.15) is 0 Å². The fourth-order valence-electron chi connectivity index (χ4n) is 1.81. The van der Waals surface area contributed by atoms with Crippen molar-refractivity contribution in [3.8, 4) is 0 Å². The van der Waals surface area contributed by atoms with Crippen LogP contribution in [-0.4, -0.2) is 18.5 Å². The summed E-state index contributed by atoms with van der Waals surface area (Å²) in [7, 11) is -3.58. The first-order valence-electron chi connectivity index (χ1n) is 6.05. The molecule has 0 radical (unpaired) electrons. The highest BCUT2D eigenvalue weighted by molar-refractivity contribution is 7.89. The highest BCUT2D eigenvalue weighted by Gasteiger charge is 2.19. The first-order chi connectivity index (χ1) is 9.42. The number of aliphatic hydroxyl groups is 1. The molecule has 0 atom stereocenters. The third-order valence-electron chi connectivity index (χ3n) is 2.76. The molecule has 0 aromatic carbocycles. The summed E-state index contributed by atoms with van der Waals surface area (Å²) in [6.07, 6.45) is 0. The van der Waals surface area contributed by atoms with Crippen molar-refractivity contribution >= 4 is 21.4 Å². The number of hydrogen-bond acceptors (Lipinski definition) is 5. The van der Waals surface area contributed by atoms with Gasteiger partial charge in [0.1, 0.15) is 0 Å². The maximum atomic E-state index is 12.2. The molecule has 0 aliphatic rings. The van der Waals surface area contributed by atoms with Crippen LogP contribution in [0.15, 0.2) is 29.2 Å². The average molecular weight is 312 g/mol. The van der Waals surface area contributed by atoms with Crippen LogP contribution < -0.4 is 4.72 Å². The lowest BCUT2D eigenvalue weighted by Gasteiger charge is -2.06. The third-order valence-corrected chi connectivity index (χ3v) is 5.45. The van der Waals surface area contributed by atoms with E-state index in [1.165, 1.54) is 17.4 Å². The largest absolute Gasteiger partial charge is 0.391 e. The summed E-state index contributed by atoms with van der Waals surface area (Å²) in [4.78, 5) is 5.77. The second-order valence-corrected chi connectivity index (χ2v) is 7.46. The van der Waals surface area contributed by atoms with E-state index in [9.17, 15) is 8.42 Å². The molecule has 5 nitrogen and oxygen atoms in total. The van der Waals surface area contributed by atoms with Gasteiger partial charge >= 0.3 is 0 Å². The summed E-state index contributed by atoms with van der Waals surface area (Å²) >= 11 is 1.28. The maximum Gasteiger partial charge on any atom is 0.242 e. The number of aliphatic hydroxyl groups excluding tert-OH is 1. The lowest BCUT2D eigenvalue weighted by atomic mass is 10.3. The molecular weight excluding hydrogens is 296 g/mol. The van der Waals surface area contributed by atoms with Crippen LogP contribution in [0.3, 0.4) is 0 Å². The van der Waals surface area contributed by atoms with Gasteiger partial charge in [-0.05, 0) is 32.0 Å². The average Bonchev–Trinajstić information content (AvgIpc) is 2.79. The van der Waals surface area contributed by atoms with Gasteiger partial charge in [0.15, 0.2) is 0 Å². The minimum Gasteiger partial charge on any atom is -0.391 e. The summed E-state index contributed by atoms with van der Waals surface area (Å²) in [5.41, 5.74) is 1.51. The van der Waals surface area contributed by atoms with E-state index >= 15 is 0 Å². The molecule has 0 fully saturated rings. The monoisotopic (exact) mass is 312 g/mol. The van der Waals surface area contributed by atoms with Gasteiger partial charge in [-0.3, -0.25) is 4.98 Å².